The number of aryl methyl sites for hydroxylation is 1. The molecular formula is C20H30IN5OS. The van der Waals surface area contributed by atoms with Gasteiger partial charge in [-0.25, -0.2) is 4.98 Å². The van der Waals surface area contributed by atoms with Gasteiger partial charge in [-0.2, -0.15) is 0 Å². The first-order valence-electron chi connectivity index (χ1n) is 9.27. The molecule has 0 aliphatic rings. The highest BCUT2D eigenvalue weighted by Crippen LogP contribution is 2.11. The molecule has 6 nitrogen and oxygen atoms in total. The van der Waals surface area contributed by atoms with E-state index in [1.807, 2.05) is 37.4 Å². The maximum absolute atomic E-state index is 12.3. The lowest BCUT2D eigenvalue weighted by Crippen LogP contribution is -2.38. The zero-order valence-electron chi connectivity index (χ0n) is 16.9. The van der Waals surface area contributed by atoms with E-state index in [0.717, 1.165) is 35.9 Å². The Morgan fingerprint density at radius 3 is 2.75 bits per heavy atom. The number of amides is 1. The standard InChI is InChI=1S/C20H29N5OS.HI/c1-5-14(2)25-19(26)17-8-6-7-16(11-17)13-24-20(21-4)22-10-9-18-23-12-15(3)27-18;/h6-8,11-12,14H,5,9-10,13H2,1-4H3,(H,25,26)(H2,21,22,24);1H. The Hall–Kier alpha value is -1.68. The van der Waals surface area contributed by atoms with Gasteiger partial charge in [0.1, 0.15) is 0 Å². The maximum atomic E-state index is 12.3. The van der Waals surface area contributed by atoms with Crippen molar-refractivity contribution in [3.8, 4) is 0 Å². The van der Waals surface area contributed by atoms with E-state index in [1.165, 1.54) is 4.88 Å². The lowest BCUT2D eigenvalue weighted by atomic mass is 10.1. The van der Waals surface area contributed by atoms with Gasteiger partial charge in [0.15, 0.2) is 5.96 Å². The molecule has 0 fully saturated rings. The van der Waals surface area contributed by atoms with Gasteiger partial charge < -0.3 is 16.0 Å². The van der Waals surface area contributed by atoms with Crippen LogP contribution in [-0.4, -0.2) is 36.5 Å². The zero-order valence-corrected chi connectivity index (χ0v) is 20.1. The number of carbonyl (C=O) groups excluding carboxylic acids is 1. The van der Waals surface area contributed by atoms with Gasteiger partial charge in [0.05, 0.1) is 5.01 Å². The van der Waals surface area contributed by atoms with Gasteiger partial charge in [-0.1, -0.05) is 19.1 Å². The molecule has 1 heterocycles. The summed E-state index contributed by atoms with van der Waals surface area (Å²) in [7, 11) is 1.75. The molecule has 0 radical (unpaired) electrons. The number of carbonyl (C=O) groups is 1. The van der Waals surface area contributed by atoms with Crippen LogP contribution in [0.4, 0.5) is 0 Å². The summed E-state index contributed by atoms with van der Waals surface area (Å²) in [6, 6.07) is 7.83. The van der Waals surface area contributed by atoms with Crippen molar-refractivity contribution in [3.05, 3.63) is 51.5 Å². The number of nitrogens with zero attached hydrogens (tertiary/aromatic N) is 2. The Bertz CT molecular complexity index is 777. The molecule has 3 N–H and O–H groups in total. The smallest absolute Gasteiger partial charge is 0.251 e. The van der Waals surface area contributed by atoms with Crippen LogP contribution >= 0.6 is 35.3 Å². The summed E-state index contributed by atoms with van der Waals surface area (Å²) < 4.78 is 0. The number of benzene rings is 1. The average molecular weight is 515 g/mol. The van der Waals surface area contributed by atoms with E-state index in [0.29, 0.717) is 12.1 Å². The summed E-state index contributed by atoms with van der Waals surface area (Å²) in [4.78, 5) is 22.1. The Balaban J connectivity index is 0.00000392. The molecule has 154 valence electrons. The summed E-state index contributed by atoms with van der Waals surface area (Å²) in [5.74, 6) is 0.699. The number of halogens is 1. The van der Waals surface area contributed by atoms with Crippen LogP contribution in [0.15, 0.2) is 35.5 Å². The second-order valence-corrected chi connectivity index (χ2v) is 7.77. The van der Waals surface area contributed by atoms with Gasteiger partial charge in [0.2, 0.25) is 0 Å². The molecule has 0 aliphatic heterocycles. The van der Waals surface area contributed by atoms with Crippen molar-refractivity contribution in [2.45, 2.75) is 46.2 Å². The van der Waals surface area contributed by atoms with Crippen molar-refractivity contribution in [1.82, 2.24) is 20.9 Å². The van der Waals surface area contributed by atoms with Gasteiger partial charge in [-0.3, -0.25) is 9.79 Å². The number of hydrogen-bond donors (Lipinski definition) is 3. The first kappa shape index (κ1) is 24.4. The van der Waals surface area contributed by atoms with E-state index in [-0.39, 0.29) is 35.9 Å². The zero-order chi connectivity index (χ0) is 19.6. The van der Waals surface area contributed by atoms with Crippen molar-refractivity contribution in [1.29, 1.82) is 0 Å². The third-order valence-corrected chi connectivity index (χ3v) is 5.14. The normalized spacial score (nSPS) is 12.1. The molecule has 0 aliphatic carbocycles. The first-order valence-corrected chi connectivity index (χ1v) is 10.1. The fraction of sp³-hybridized carbons (Fsp3) is 0.450. The topological polar surface area (TPSA) is 78.4 Å². The van der Waals surface area contributed by atoms with Crippen molar-refractivity contribution < 1.29 is 4.79 Å². The predicted octanol–water partition coefficient (Wildman–Crippen LogP) is 3.51. The van der Waals surface area contributed by atoms with Gasteiger partial charge in [0, 0.05) is 49.2 Å². The van der Waals surface area contributed by atoms with Gasteiger partial charge in [-0.05, 0) is 38.0 Å². The van der Waals surface area contributed by atoms with Crippen LogP contribution in [0.5, 0.6) is 0 Å². The van der Waals surface area contributed by atoms with E-state index in [2.05, 4.69) is 39.8 Å². The van der Waals surface area contributed by atoms with E-state index in [1.54, 1.807) is 18.4 Å². The van der Waals surface area contributed by atoms with Crippen molar-refractivity contribution in [2.75, 3.05) is 13.6 Å². The van der Waals surface area contributed by atoms with Crippen LogP contribution in [0.1, 0.15) is 46.1 Å². The molecule has 0 saturated heterocycles. The molecule has 1 aromatic heterocycles. The summed E-state index contributed by atoms with van der Waals surface area (Å²) >= 11 is 1.72. The molecule has 1 aromatic carbocycles. The van der Waals surface area contributed by atoms with Crippen LogP contribution in [0, 0.1) is 6.92 Å². The van der Waals surface area contributed by atoms with Crippen LogP contribution in [0.25, 0.3) is 0 Å². The molecule has 28 heavy (non-hydrogen) atoms. The largest absolute Gasteiger partial charge is 0.356 e. The van der Waals surface area contributed by atoms with Crippen molar-refractivity contribution in [3.63, 3.8) is 0 Å². The molecule has 1 unspecified atom stereocenters. The summed E-state index contributed by atoms with van der Waals surface area (Å²) in [5.41, 5.74) is 1.71. The van der Waals surface area contributed by atoms with Crippen molar-refractivity contribution in [2.24, 2.45) is 4.99 Å². The lowest BCUT2D eigenvalue weighted by Gasteiger charge is -2.13. The summed E-state index contributed by atoms with van der Waals surface area (Å²) in [6.45, 7) is 7.49. The molecule has 8 heteroatoms. The highest BCUT2D eigenvalue weighted by molar-refractivity contribution is 14.0. The minimum absolute atomic E-state index is 0. The van der Waals surface area contributed by atoms with Crippen LogP contribution in [0.2, 0.25) is 0 Å². The van der Waals surface area contributed by atoms with Gasteiger partial charge >= 0.3 is 0 Å². The molecule has 2 rings (SSSR count). The number of thiazole rings is 1. The monoisotopic (exact) mass is 515 g/mol. The minimum atomic E-state index is -0.0348. The fourth-order valence-corrected chi connectivity index (χ4v) is 3.23. The Morgan fingerprint density at radius 1 is 1.32 bits per heavy atom. The molecular weight excluding hydrogens is 485 g/mol. The number of hydrogen-bond acceptors (Lipinski definition) is 4. The van der Waals surface area contributed by atoms with E-state index >= 15 is 0 Å². The van der Waals surface area contributed by atoms with Crippen molar-refractivity contribution >= 4 is 47.2 Å². The third kappa shape index (κ3) is 8.14. The number of rotatable bonds is 8. The number of aliphatic imine (C=N–C) groups is 1. The highest BCUT2D eigenvalue weighted by atomic mass is 127. The molecule has 0 bridgehead atoms. The maximum Gasteiger partial charge on any atom is 0.251 e. The van der Waals surface area contributed by atoms with Gasteiger partial charge in [0.25, 0.3) is 5.91 Å². The number of aromatic nitrogens is 1. The number of guanidine groups is 1. The second kappa shape index (κ2) is 12.7. The Kier molecular flexibility index (Phi) is 11.1. The number of nitrogens with one attached hydrogen (secondary N) is 3. The molecule has 0 saturated carbocycles. The average Bonchev–Trinajstić information content (AvgIpc) is 3.09. The molecule has 2 aromatic rings. The predicted molar refractivity (Wildman–Crippen MR) is 128 cm³/mol. The Labute approximate surface area is 188 Å². The van der Waals surface area contributed by atoms with Crippen LogP contribution < -0.4 is 16.0 Å². The quantitative estimate of drug-likeness (QED) is 0.286. The van der Waals surface area contributed by atoms with E-state index < -0.39 is 0 Å². The SMILES string of the molecule is CCC(C)NC(=O)c1cccc(CNC(=NC)NCCc2ncc(C)s2)c1.I. The summed E-state index contributed by atoms with van der Waals surface area (Å²) in [6.07, 6.45) is 3.68. The van der Waals surface area contributed by atoms with E-state index in [9.17, 15) is 4.79 Å². The second-order valence-electron chi connectivity index (χ2n) is 6.45. The molecule has 1 amide bonds. The minimum Gasteiger partial charge on any atom is -0.356 e. The van der Waals surface area contributed by atoms with E-state index in [4.69, 9.17) is 0 Å². The summed E-state index contributed by atoms with van der Waals surface area (Å²) in [5, 5.41) is 10.7. The fourth-order valence-electron chi connectivity index (χ4n) is 2.44. The lowest BCUT2D eigenvalue weighted by molar-refractivity contribution is 0.0939. The van der Waals surface area contributed by atoms with Crippen LogP contribution in [0.3, 0.4) is 0 Å². The Morgan fingerprint density at radius 2 is 2.11 bits per heavy atom. The highest BCUT2D eigenvalue weighted by Gasteiger charge is 2.09. The third-order valence-electron chi connectivity index (χ3n) is 4.16. The molecule has 0 spiro atoms. The van der Waals surface area contributed by atoms with Gasteiger partial charge in [-0.15, -0.1) is 35.3 Å². The molecule has 1 atom stereocenters. The first-order chi connectivity index (χ1) is 13.0. The van der Waals surface area contributed by atoms with Crippen LogP contribution in [-0.2, 0) is 13.0 Å².